The van der Waals surface area contributed by atoms with Crippen molar-refractivity contribution >= 4 is 23.4 Å². The molecule has 0 bridgehead atoms. The monoisotopic (exact) mass is 296 g/mol. The molecule has 1 heterocycles. The van der Waals surface area contributed by atoms with E-state index in [4.69, 9.17) is 11.6 Å². The van der Waals surface area contributed by atoms with Gasteiger partial charge in [-0.1, -0.05) is 18.5 Å². The molecule has 0 saturated carbocycles. The Kier molecular flexibility index (Phi) is 5.31. The number of hydrogen-bond acceptors (Lipinski definition) is 3. The number of hydrogen-bond donors (Lipinski definition) is 1. The molecule has 1 aromatic heterocycles. The maximum absolute atomic E-state index is 10.1. The first-order valence-corrected chi connectivity index (χ1v) is 7.64. The lowest BCUT2D eigenvalue weighted by Crippen LogP contribution is -2.00. The largest absolute Gasteiger partial charge is 0.387 e. The highest BCUT2D eigenvalue weighted by Crippen LogP contribution is 2.25. The van der Waals surface area contributed by atoms with E-state index in [2.05, 4.69) is 12.0 Å². The first-order valence-electron chi connectivity index (χ1n) is 6.28. The fourth-order valence-corrected chi connectivity index (χ4v) is 2.70. The van der Waals surface area contributed by atoms with Gasteiger partial charge in [0.2, 0.25) is 0 Å². The van der Waals surface area contributed by atoms with Crippen LogP contribution in [0.5, 0.6) is 0 Å². The Morgan fingerprint density at radius 1 is 1.37 bits per heavy atom. The summed E-state index contributed by atoms with van der Waals surface area (Å²) in [6, 6.07) is 7.63. The third-order valence-electron chi connectivity index (χ3n) is 2.71. The molecular weight excluding hydrogens is 280 g/mol. The predicted molar refractivity (Wildman–Crippen MR) is 79.7 cm³/mol. The van der Waals surface area contributed by atoms with E-state index in [-0.39, 0.29) is 0 Å². The number of halogens is 1. The van der Waals surface area contributed by atoms with Crippen LogP contribution in [-0.4, -0.2) is 20.6 Å². The van der Waals surface area contributed by atoms with Gasteiger partial charge in [-0.15, -0.1) is 11.8 Å². The number of aliphatic hydroxyl groups is 1. The lowest BCUT2D eigenvalue weighted by Gasteiger charge is -2.08. The van der Waals surface area contributed by atoms with E-state index in [0.717, 1.165) is 28.4 Å². The summed E-state index contributed by atoms with van der Waals surface area (Å²) in [5, 5.41) is 15.1. The minimum atomic E-state index is -0.494. The molecule has 0 aliphatic carbocycles. The molecule has 0 fully saturated rings. The average molecular weight is 297 g/mol. The maximum Gasteiger partial charge on any atom is 0.0914 e. The van der Waals surface area contributed by atoms with Crippen LogP contribution >= 0.6 is 23.4 Å². The summed E-state index contributed by atoms with van der Waals surface area (Å²) in [5.41, 5.74) is 0.870. The molecule has 0 radical (unpaired) electrons. The SMILES string of the molecule is CCCn1cc(C(O)CSc2ccc(Cl)cc2)cn1. The number of aliphatic hydroxyl groups excluding tert-OH is 1. The molecule has 102 valence electrons. The molecule has 0 saturated heterocycles. The van der Waals surface area contributed by atoms with Crippen LogP contribution in [0.25, 0.3) is 0 Å². The Balaban J connectivity index is 1.89. The van der Waals surface area contributed by atoms with Gasteiger partial charge in [-0.05, 0) is 30.7 Å². The minimum absolute atomic E-state index is 0.494. The summed E-state index contributed by atoms with van der Waals surface area (Å²) in [5.74, 6) is 0.611. The topological polar surface area (TPSA) is 38.0 Å². The van der Waals surface area contributed by atoms with E-state index in [1.54, 1.807) is 18.0 Å². The van der Waals surface area contributed by atoms with Gasteiger partial charge in [0.25, 0.3) is 0 Å². The third-order valence-corrected chi connectivity index (χ3v) is 4.05. The second kappa shape index (κ2) is 6.98. The number of aromatic nitrogens is 2. The van der Waals surface area contributed by atoms with Crippen molar-refractivity contribution in [1.82, 2.24) is 9.78 Å². The van der Waals surface area contributed by atoms with Gasteiger partial charge in [0.1, 0.15) is 0 Å². The number of rotatable bonds is 6. The van der Waals surface area contributed by atoms with Crippen molar-refractivity contribution in [1.29, 1.82) is 0 Å². The highest BCUT2D eigenvalue weighted by atomic mass is 35.5. The van der Waals surface area contributed by atoms with Gasteiger partial charge < -0.3 is 5.11 Å². The van der Waals surface area contributed by atoms with Gasteiger partial charge in [0.15, 0.2) is 0 Å². The lowest BCUT2D eigenvalue weighted by molar-refractivity contribution is 0.204. The van der Waals surface area contributed by atoms with Crippen molar-refractivity contribution in [3.8, 4) is 0 Å². The van der Waals surface area contributed by atoms with Gasteiger partial charge in [0.05, 0.1) is 12.3 Å². The van der Waals surface area contributed by atoms with Crippen molar-refractivity contribution in [3.63, 3.8) is 0 Å². The van der Waals surface area contributed by atoms with Gasteiger partial charge >= 0.3 is 0 Å². The van der Waals surface area contributed by atoms with E-state index in [1.807, 2.05) is 35.1 Å². The van der Waals surface area contributed by atoms with E-state index in [9.17, 15) is 5.11 Å². The zero-order valence-electron chi connectivity index (χ0n) is 10.8. The number of nitrogens with zero attached hydrogens (tertiary/aromatic N) is 2. The Bertz CT molecular complexity index is 512. The van der Waals surface area contributed by atoms with Gasteiger partial charge in [-0.3, -0.25) is 4.68 Å². The van der Waals surface area contributed by atoms with Crippen LogP contribution in [0.1, 0.15) is 25.0 Å². The molecule has 5 heteroatoms. The van der Waals surface area contributed by atoms with Crippen LogP contribution in [0.2, 0.25) is 5.02 Å². The van der Waals surface area contributed by atoms with E-state index >= 15 is 0 Å². The van der Waals surface area contributed by atoms with E-state index in [1.165, 1.54) is 0 Å². The highest BCUT2D eigenvalue weighted by Gasteiger charge is 2.10. The summed E-state index contributed by atoms with van der Waals surface area (Å²) in [7, 11) is 0. The van der Waals surface area contributed by atoms with Gasteiger partial charge in [-0.2, -0.15) is 5.10 Å². The molecule has 0 aliphatic heterocycles. The van der Waals surface area contributed by atoms with Crippen molar-refractivity contribution in [2.45, 2.75) is 30.9 Å². The summed E-state index contributed by atoms with van der Waals surface area (Å²) in [6.07, 6.45) is 4.20. The Morgan fingerprint density at radius 2 is 2.11 bits per heavy atom. The van der Waals surface area contributed by atoms with Crippen molar-refractivity contribution in [2.75, 3.05) is 5.75 Å². The van der Waals surface area contributed by atoms with Crippen molar-refractivity contribution in [3.05, 3.63) is 47.2 Å². The summed E-state index contributed by atoms with van der Waals surface area (Å²) in [6.45, 7) is 2.99. The number of thioether (sulfide) groups is 1. The van der Waals surface area contributed by atoms with Gasteiger partial charge in [0, 0.05) is 34.0 Å². The molecular formula is C14H17ClN2OS. The van der Waals surface area contributed by atoms with Crippen molar-refractivity contribution in [2.24, 2.45) is 0 Å². The normalized spacial score (nSPS) is 12.6. The lowest BCUT2D eigenvalue weighted by atomic mass is 10.2. The zero-order valence-corrected chi connectivity index (χ0v) is 12.4. The number of benzene rings is 1. The second-order valence-electron chi connectivity index (χ2n) is 4.32. The molecule has 1 atom stereocenters. The van der Waals surface area contributed by atoms with E-state index < -0.39 is 6.10 Å². The molecule has 0 aliphatic rings. The standard InChI is InChI=1S/C14H17ClN2OS/c1-2-7-17-9-11(8-16-17)14(18)10-19-13-5-3-12(15)4-6-13/h3-6,8-9,14,18H,2,7,10H2,1H3. The highest BCUT2D eigenvalue weighted by molar-refractivity contribution is 7.99. The summed E-state index contributed by atoms with van der Waals surface area (Å²) in [4.78, 5) is 1.10. The molecule has 1 aromatic carbocycles. The molecule has 1 N–H and O–H groups in total. The Labute approximate surface area is 122 Å². The van der Waals surface area contributed by atoms with Crippen LogP contribution in [0.15, 0.2) is 41.6 Å². The second-order valence-corrected chi connectivity index (χ2v) is 5.85. The molecule has 19 heavy (non-hydrogen) atoms. The zero-order chi connectivity index (χ0) is 13.7. The minimum Gasteiger partial charge on any atom is -0.387 e. The Hall–Kier alpha value is -0.970. The smallest absolute Gasteiger partial charge is 0.0914 e. The molecule has 0 amide bonds. The first kappa shape index (κ1) is 14.4. The average Bonchev–Trinajstić information content (AvgIpc) is 2.87. The van der Waals surface area contributed by atoms with Crippen LogP contribution < -0.4 is 0 Å². The predicted octanol–water partition coefficient (Wildman–Crippen LogP) is 3.77. The molecule has 0 spiro atoms. The molecule has 1 unspecified atom stereocenters. The number of aryl methyl sites for hydroxylation is 1. The van der Waals surface area contributed by atoms with Crippen LogP contribution in [0, 0.1) is 0 Å². The third kappa shape index (κ3) is 4.27. The van der Waals surface area contributed by atoms with Crippen LogP contribution in [0.4, 0.5) is 0 Å². The van der Waals surface area contributed by atoms with Crippen LogP contribution in [0.3, 0.4) is 0 Å². The fraction of sp³-hybridized carbons (Fsp3) is 0.357. The van der Waals surface area contributed by atoms with Gasteiger partial charge in [-0.25, -0.2) is 0 Å². The first-order chi connectivity index (χ1) is 9.19. The fourth-order valence-electron chi connectivity index (χ4n) is 1.71. The molecule has 2 aromatic rings. The molecule has 3 nitrogen and oxygen atoms in total. The van der Waals surface area contributed by atoms with Crippen molar-refractivity contribution < 1.29 is 5.11 Å². The maximum atomic E-state index is 10.1. The van der Waals surface area contributed by atoms with E-state index in [0.29, 0.717) is 5.75 Å². The Morgan fingerprint density at radius 3 is 2.79 bits per heavy atom. The quantitative estimate of drug-likeness (QED) is 0.825. The molecule has 2 rings (SSSR count). The summed E-state index contributed by atoms with van der Waals surface area (Å²) < 4.78 is 1.87. The van der Waals surface area contributed by atoms with Crippen LogP contribution in [-0.2, 0) is 6.54 Å². The summed E-state index contributed by atoms with van der Waals surface area (Å²) >= 11 is 7.44.